The molecule has 96 valence electrons. The van der Waals surface area contributed by atoms with E-state index in [-0.39, 0.29) is 12.1 Å². The maximum Gasteiger partial charge on any atom is 0.0781 e. The van der Waals surface area contributed by atoms with Gasteiger partial charge < -0.3 is 15.2 Å². The van der Waals surface area contributed by atoms with Crippen LogP contribution < -0.4 is 5.73 Å². The Balaban J connectivity index is 2.36. The smallest absolute Gasteiger partial charge is 0.0781 e. The minimum Gasteiger partial charge on any atom is -0.379 e. The molecule has 0 radical (unpaired) electrons. The molecule has 0 heterocycles. The molecule has 0 aliphatic carbocycles. The van der Waals surface area contributed by atoms with E-state index >= 15 is 0 Å². The van der Waals surface area contributed by atoms with E-state index in [1.54, 1.807) is 0 Å². The molecular formula is C14H23NO2. The van der Waals surface area contributed by atoms with Gasteiger partial charge in [-0.1, -0.05) is 29.8 Å². The van der Waals surface area contributed by atoms with Gasteiger partial charge in [-0.3, -0.25) is 0 Å². The third-order valence-electron chi connectivity index (χ3n) is 2.59. The molecule has 17 heavy (non-hydrogen) atoms. The first-order valence-corrected chi connectivity index (χ1v) is 6.15. The van der Waals surface area contributed by atoms with E-state index in [1.807, 2.05) is 26.0 Å². The van der Waals surface area contributed by atoms with Crippen LogP contribution >= 0.6 is 0 Å². The molecule has 0 aliphatic rings. The molecular weight excluding hydrogens is 214 g/mol. The van der Waals surface area contributed by atoms with Crippen LogP contribution in [-0.4, -0.2) is 25.9 Å². The normalized spacial score (nSPS) is 14.6. The zero-order chi connectivity index (χ0) is 12.7. The van der Waals surface area contributed by atoms with Crippen LogP contribution in [0.1, 0.15) is 31.0 Å². The van der Waals surface area contributed by atoms with Crippen molar-refractivity contribution < 1.29 is 9.47 Å². The van der Waals surface area contributed by atoms with Crippen molar-refractivity contribution in [2.45, 2.75) is 32.9 Å². The Bertz CT molecular complexity index is 328. The second-order valence-corrected chi connectivity index (χ2v) is 4.32. The average Bonchev–Trinajstić information content (AvgIpc) is 2.33. The first-order valence-electron chi connectivity index (χ1n) is 6.15. The lowest BCUT2D eigenvalue weighted by molar-refractivity contribution is -0.00835. The third-order valence-corrected chi connectivity index (χ3v) is 2.59. The summed E-state index contributed by atoms with van der Waals surface area (Å²) < 4.78 is 10.9. The van der Waals surface area contributed by atoms with Gasteiger partial charge in [-0.15, -0.1) is 0 Å². The first-order chi connectivity index (χ1) is 8.13. The van der Waals surface area contributed by atoms with E-state index < -0.39 is 0 Å². The van der Waals surface area contributed by atoms with Crippen molar-refractivity contribution in [2.75, 3.05) is 19.8 Å². The van der Waals surface area contributed by atoms with Gasteiger partial charge in [0.15, 0.2) is 0 Å². The second kappa shape index (κ2) is 7.43. The first kappa shape index (κ1) is 14.2. The number of hydrogen-bond donors (Lipinski definition) is 1. The molecule has 3 heteroatoms. The summed E-state index contributed by atoms with van der Waals surface area (Å²) in [6.07, 6.45) is 0.0887. The van der Waals surface area contributed by atoms with Crippen LogP contribution in [0.15, 0.2) is 24.3 Å². The summed E-state index contributed by atoms with van der Waals surface area (Å²) in [5, 5.41) is 0. The summed E-state index contributed by atoms with van der Waals surface area (Å²) in [4.78, 5) is 0. The number of nitrogens with two attached hydrogens (primary N) is 1. The summed E-state index contributed by atoms with van der Waals surface area (Å²) in [6, 6.07) is 8.15. The predicted molar refractivity (Wildman–Crippen MR) is 70.0 cm³/mol. The van der Waals surface area contributed by atoms with Crippen LogP contribution in [0.3, 0.4) is 0 Å². The van der Waals surface area contributed by atoms with Gasteiger partial charge in [-0.2, -0.15) is 0 Å². The zero-order valence-electron chi connectivity index (χ0n) is 11.0. The van der Waals surface area contributed by atoms with Crippen molar-refractivity contribution in [1.82, 2.24) is 0 Å². The highest BCUT2D eigenvalue weighted by atomic mass is 16.5. The number of aryl methyl sites for hydroxylation is 1. The summed E-state index contributed by atoms with van der Waals surface area (Å²) in [5.74, 6) is 0. The van der Waals surface area contributed by atoms with Crippen LogP contribution in [0.2, 0.25) is 0 Å². The molecule has 2 N–H and O–H groups in total. The third kappa shape index (κ3) is 5.31. The van der Waals surface area contributed by atoms with Crippen LogP contribution in [0.25, 0.3) is 0 Å². The maximum absolute atomic E-state index is 6.08. The van der Waals surface area contributed by atoms with Gasteiger partial charge >= 0.3 is 0 Å². The SMILES string of the molecule is CCOCC(C)OCC(N)c1cccc(C)c1. The van der Waals surface area contributed by atoms with Crippen molar-refractivity contribution in [2.24, 2.45) is 5.73 Å². The fourth-order valence-electron chi connectivity index (χ4n) is 1.60. The minimum atomic E-state index is -0.0704. The number of hydrogen-bond acceptors (Lipinski definition) is 3. The van der Waals surface area contributed by atoms with E-state index in [4.69, 9.17) is 15.2 Å². The van der Waals surface area contributed by atoms with E-state index in [1.165, 1.54) is 5.56 Å². The highest BCUT2D eigenvalue weighted by Crippen LogP contribution is 2.13. The van der Waals surface area contributed by atoms with Crippen molar-refractivity contribution in [1.29, 1.82) is 0 Å². The monoisotopic (exact) mass is 237 g/mol. The van der Waals surface area contributed by atoms with Crippen molar-refractivity contribution in [3.8, 4) is 0 Å². The summed E-state index contributed by atoms with van der Waals surface area (Å²) >= 11 is 0. The molecule has 2 unspecified atom stereocenters. The van der Waals surface area contributed by atoms with Crippen molar-refractivity contribution in [3.05, 3.63) is 35.4 Å². The molecule has 0 aromatic heterocycles. The predicted octanol–water partition coefficient (Wildman–Crippen LogP) is 2.44. The quantitative estimate of drug-likeness (QED) is 0.792. The topological polar surface area (TPSA) is 44.5 Å². The van der Waals surface area contributed by atoms with E-state index in [0.717, 1.165) is 12.2 Å². The molecule has 0 aliphatic heterocycles. The summed E-state index contributed by atoms with van der Waals surface area (Å²) in [5.41, 5.74) is 8.42. The molecule has 1 rings (SSSR count). The molecule has 0 bridgehead atoms. The highest BCUT2D eigenvalue weighted by molar-refractivity contribution is 5.24. The van der Waals surface area contributed by atoms with Crippen molar-refractivity contribution in [3.63, 3.8) is 0 Å². The van der Waals surface area contributed by atoms with Gasteiger partial charge in [0.25, 0.3) is 0 Å². The van der Waals surface area contributed by atoms with E-state index in [0.29, 0.717) is 13.2 Å². The summed E-state index contributed by atoms with van der Waals surface area (Å²) in [7, 11) is 0. The van der Waals surface area contributed by atoms with Crippen LogP contribution in [-0.2, 0) is 9.47 Å². The Labute approximate surface area is 104 Å². The maximum atomic E-state index is 6.08. The minimum absolute atomic E-state index is 0.0704. The number of benzene rings is 1. The second-order valence-electron chi connectivity index (χ2n) is 4.32. The Morgan fingerprint density at radius 1 is 1.29 bits per heavy atom. The summed E-state index contributed by atoms with van der Waals surface area (Å²) in [6.45, 7) is 7.91. The van der Waals surface area contributed by atoms with Crippen LogP contribution in [0.5, 0.6) is 0 Å². The van der Waals surface area contributed by atoms with E-state index in [9.17, 15) is 0 Å². The molecule has 0 fully saturated rings. The Kier molecular flexibility index (Phi) is 6.19. The fourth-order valence-corrected chi connectivity index (χ4v) is 1.60. The van der Waals surface area contributed by atoms with Crippen molar-refractivity contribution >= 4 is 0 Å². The van der Waals surface area contributed by atoms with Crippen LogP contribution in [0, 0.1) is 6.92 Å². The highest BCUT2D eigenvalue weighted by Gasteiger charge is 2.09. The fraction of sp³-hybridized carbons (Fsp3) is 0.571. The molecule has 0 saturated heterocycles. The number of ether oxygens (including phenoxy) is 2. The average molecular weight is 237 g/mol. The Morgan fingerprint density at radius 3 is 2.71 bits per heavy atom. The molecule has 3 nitrogen and oxygen atoms in total. The van der Waals surface area contributed by atoms with E-state index in [2.05, 4.69) is 19.1 Å². The Morgan fingerprint density at radius 2 is 2.06 bits per heavy atom. The number of rotatable bonds is 7. The van der Waals surface area contributed by atoms with Gasteiger partial charge in [0.05, 0.1) is 25.4 Å². The molecule has 2 atom stereocenters. The molecule has 1 aromatic carbocycles. The van der Waals surface area contributed by atoms with Gasteiger partial charge in [-0.05, 0) is 26.3 Å². The standard InChI is InChI=1S/C14H23NO2/c1-4-16-9-12(3)17-10-14(15)13-7-5-6-11(2)8-13/h5-8,12,14H,4,9-10,15H2,1-3H3. The lowest BCUT2D eigenvalue weighted by Gasteiger charge is -2.17. The lowest BCUT2D eigenvalue weighted by atomic mass is 10.1. The Hall–Kier alpha value is -0.900. The molecule has 0 spiro atoms. The van der Waals surface area contributed by atoms with Gasteiger partial charge in [0, 0.05) is 6.61 Å². The van der Waals surface area contributed by atoms with Gasteiger partial charge in [0.1, 0.15) is 0 Å². The molecule has 0 amide bonds. The molecule has 1 aromatic rings. The largest absolute Gasteiger partial charge is 0.379 e. The van der Waals surface area contributed by atoms with Gasteiger partial charge in [-0.25, -0.2) is 0 Å². The zero-order valence-corrected chi connectivity index (χ0v) is 11.0. The molecule has 0 saturated carbocycles. The lowest BCUT2D eigenvalue weighted by Crippen LogP contribution is -2.23. The van der Waals surface area contributed by atoms with Crippen LogP contribution in [0.4, 0.5) is 0 Å². The van der Waals surface area contributed by atoms with Gasteiger partial charge in [0.2, 0.25) is 0 Å².